The Morgan fingerprint density at radius 1 is 1.16 bits per heavy atom. The van der Waals surface area contributed by atoms with Crippen LogP contribution in [0.3, 0.4) is 0 Å². The van der Waals surface area contributed by atoms with Gasteiger partial charge in [-0.2, -0.15) is 5.10 Å². The van der Waals surface area contributed by atoms with E-state index < -0.39 is 17.6 Å². The van der Waals surface area contributed by atoms with Crippen molar-refractivity contribution in [2.24, 2.45) is 0 Å². The predicted molar refractivity (Wildman–Crippen MR) is 127 cm³/mol. The van der Waals surface area contributed by atoms with Crippen LogP contribution < -0.4 is 16.4 Å². The van der Waals surface area contributed by atoms with E-state index in [1.54, 1.807) is 57.2 Å². The van der Waals surface area contributed by atoms with Crippen LogP contribution in [-0.4, -0.2) is 34.3 Å². The van der Waals surface area contributed by atoms with Crippen LogP contribution in [0.5, 0.6) is 0 Å². The Hall–Kier alpha value is -2.97. The fourth-order valence-corrected chi connectivity index (χ4v) is 3.46. The van der Waals surface area contributed by atoms with Gasteiger partial charge in [0, 0.05) is 17.6 Å². The van der Waals surface area contributed by atoms with Crippen LogP contribution in [0.4, 0.5) is 16.3 Å². The van der Waals surface area contributed by atoms with Crippen molar-refractivity contribution >= 4 is 57.6 Å². The largest absolute Gasteiger partial charge is 0.444 e. The van der Waals surface area contributed by atoms with Gasteiger partial charge in [-0.25, -0.2) is 4.79 Å². The topological polar surface area (TPSA) is 122 Å². The van der Waals surface area contributed by atoms with E-state index in [0.717, 1.165) is 5.52 Å². The number of nitrogens with two attached hydrogens (primary N) is 1. The number of benzene rings is 2. The van der Waals surface area contributed by atoms with Gasteiger partial charge in [-0.1, -0.05) is 29.3 Å². The number of H-pyrrole nitrogens is 1. The first-order valence-electron chi connectivity index (χ1n) is 10.00. The lowest BCUT2D eigenvalue weighted by molar-refractivity contribution is -0.117. The SMILES string of the molecule is CC(C)(C)OC(=O)NCCC(C(=O)Nc1ccc2[nH]nc(N)c2c1)c1ccc(Cl)c(Cl)c1. The normalized spacial score (nSPS) is 12.4. The number of aromatic nitrogens is 2. The van der Waals surface area contributed by atoms with Gasteiger partial charge < -0.3 is 21.1 Å². The summed E-state index contributed by atoms with van der Waals surface area (Å²) in [7, 11) is 0. The Labute approximate surface area is 195 Å². The second-order valence-corrected chi connectivity index (χ2v) is 9.12. The molecule has 5 N–H and O–H groups in total. The van der Waals surface area contributed by atoms with Crippen LogP contribution in [-0.2, 0) is 9.53 Å². The highest BCUT2D eigenvalue weighted by molar-refractivity contribution is 6.42. The zero-order chi connectivity index (χ0) is 23.5. The summed E-state index contributed by atoms with van der Waals surface area (Å²) >= 11 is 12.2. The van der Waals surface area contributed by atoms with Gasteiger partial charge in [0.15, 0.2) is 5.82 Å². The fourth-order valence-electron chi connectivity index (χ4n) is 3.15. The summed E-state index contributed by atoms with van der Waals surface area (Å²) in [6.45, 7) is 5.56. The first-order valence-corrected chi connectivity index (χ1v) is 10.8. The van der Waals surface area contributed by atoms with E-state index >= 15 is 0 Å². The van der Waals surface area contributed by atoms with Crippen molar-refractivity contribution in [2.45, 2.75) is 38.7 Å². The molecule has 3 rings (SSSR count). The minimum atomic E-state index is -0.613. The molecule has 1 heterocycles. The molecule has 0 radical (unpaired) electrons. The van der Waals surface area contributed by atoms with Crippen LogP contribution in [0.1, 0.15) is 38.7 Å². The molecule has 0 aliphatic carbocycles. The Morgan fingerprint density at radius 3 is 2.59 bits per heavy atom. The van der Waals surface area contributed by atoms with Crippen LogP contribution in [0, 0.1) is 0 Å². The Kier molecular flexibility index (Phi) is 7.16. The zero-order valence-electron chi connectivity index (χ0n) is 18.0. The summed E-state index contributed by atoms with van der Waals surface area (Å²) in [5.74, 6) is -0.522. The van der Waals surface area contributed by atoms with Gasteiger partial charge >= 0.3 is 6.09 Å². The molecule has 8 nitrogen and oxygen atoms in total. The summed E-state index contributed by atoms with van der Waals surface area (Å²) in [5, 5.41) is 13.8. The van der Waals surface area contributed by atoms with E-state index in [9.17, 15) is 9.59 Å². The first kappa shape index (κ1) is 23.7. The number of carbonyl (C=O) groups is 2. The molecule has 0 saturated heterocycles. The van der Waals surface area contributed by atoms with Crippen molar-refractivity contribution in [2.75, 3.05) is 17.6 Å². The zero-order valence-corrected chi connectivity index (χ0v) is 19.5. The lowest BCUT2D eigenvalue weighted by Gasteiger charge is -2.21. The van der Waals surface area contributed by atoms with Gasteiger partial charge in [-0.3, -0.25) is 9.89 Å². The summed E-state index contributed by atoms with van der Waals surface area (Å²) in [6, 6.07) is 10.3. The molecule has 2 amide bonds. The van der Waals surface area contributed by atoms with Crippen molar-refractivity contribution in [3.8, 4) is 0 Å². The summed E-state index contributed by atoms with van der Waals surface area (Å²) < 4.78 is 5.25. The van der Waals surface area contributed by atoms with Crippen LogP contribution in [0.15, 0.2) is 36.4 Å². The van der Waals surface area contributed by atoms with E-state index in [0.29, 0.717) is 38.9 Å². The van der Waals surface area contributed by atoms with Gasteiger partial charge in [0.1, 0.15) is 5.60 Å². The lowest BCUT2D eigenvalue weighted by Crippen LogP contribution is -2.34. The van der Waals surface area contributed by atoms with E-state index in [2.05, 4.69) is 20.8 Å². The number of alkyl carbamates (subject to hydrolysis) is 1. The molecule has 0 fully saturated rings. The third-order valence-electron chi connectivity index (χ3n) is 4.62. The van der Waals surface area contributed by atoms with Crippen molar-refractivity contribution in [3.05, 3.63) is 52.0 Å². The second-order valence-electron chi connectivity index (χ2n) is 8.30. The number of anilines is 2. The highest BCUT2D eigenvalue weighted by Gasteiger charge is 2.23. The maximum atomic E-state index is 13.2. The number of hydrogen-bond acceptors (Lipinski definition) is 5. The molecule has 10 heteroatoms. The van der Waals surface area contributed by atoms with Gasteiger partial charge in [-0.15, -0.1) is 0 Å². The Morgan fingerprint density at radius 2 is 1.91 bits per heavy atom. The molecule has 0 aliphatic rings. The molecule has 0 saturated carbocycles. The summed E-state index contributed by atoms with van der Waals surface area (Å²) in [4.78, 5) is 25.2. The quantitative estimate of drug-likeness (QED) is 0.393. The second kappa shape index (κ2) is 9.67. The van der Waals surface area contributed by atoms with Crippen LogP contribution in [0.25, 0.3) is 10.9 Å². The maximum absolute atomic E-state index is 13.2. The average Bonchev–Trinajstić information content (AvgIpc) is 3.06. The number of amides is 2. The first-order chi connectivity index (χ1) is 15.0. The smallest absolute Gasteiger partial charge is 0.407 e. The monoisotopic (exact) mass is 477 g/mol. The minimum Gasteiger partial charge on any atom is -0.444 e. The molecule has 2 aromatic carbocycles. The molecule has 0 spiro atoms. The van der Waals surface area contributed by atoms with Gasteiger partial charge in [0.05, 0.1) is 21.5 Å². The molecule has 1 atom stereocenters. The number of carbonyl (C=O) groups excluding carboxylic acids is 2. The van der Waals surface area contributed by atoms with Crippen molar-refractivity contribution in [3.63, 3.8) is 0 Å². The van der Waals surface area contributed by atoms with E-state index in [-0.39, 0.29) is 12.5 Å². The molecule has 0 bridgehead atoms. The third-order valence-corrected chi connectivity index (χ3v) is 5.36. The lowest BCUT2D eigenvalue weighted by atomic mass is 9.94. The molecule has 0 aliphatic heterocycles. The summed E-state index contributed by atoms with van der Waals surface area (Å²) in [5.41, 5.74) is 7.26. The van der Waals surface area contributed by atoms with Crippen molar-refractivity contribution < 1.29 is 14.3 Å². The van der Waals surface area contributed by atoms with Gasteiger partial charge in [0.25, 0.3) is 0 Å². The van der Waals surface area contributed by atoms with E-state index in [1.807, 2.05) is 0 Å². The van der Waals surface area contributed by atoms with E-state index in [1.165, 1.54) is 0 Å². The average molecular weight is 478 g/mol. The standard InChI is InChI=1S/C22H25Cl2N5O3/c1-22(2,3)32-21(31)26-9-8-14(12-4-6-16(23)17(24)10-12)20(30)27-13-5-7-18-15(11-13)19(25)29-28-18/h4-7,10-11,14H,8-9H2,1-3H3,(H,26,31)(H,27,30)(H3,25,28,29). The number of rotatable bonds is 6. The number of nitrogens with zero attached hydrogens (tertiary/aromatic N) is 1. The van der Waals surface area contributed by atoms with Crippen LogP contribution in [0.2, 0.25) is 10.0 Å². The molecule has 1 aromatic heterocycles. The highest BCUT2D eigenvalue weighted by atomic mass is 35.5. The molecular formula is C22H25Cl2N5O3. The van der Waals surface area contributed by atoms with Crippen molar-refractivity contribution in [1.29, 1.82) is 0 Å². The van der Waals surface area contributed by atoms with Crippen LogP contribution >= 0.6 is 23.2 Å². The number of nitrogen functional groups attached to an aromatic ring is 1. The Balaban J connectivity index is 1.77. The molecule has 32 heavy (non-hydrogen) atoms. The highest BCUT2D eigenvalue weighted by Crippen LogP contribution is 2.30. The molecule has 1 unspecified atom stereocenters. The number of halogens is 2. The van der Waals surface area contributed by atoms with Gasteiger partial charge in [-0.05, 0) is 63.1 Å². The molecular weight excluding hydrogens is 453 g/mol. The van der Waals surface area contributed by atoms with Crippen molar-refractivity contribution in [1.82, 2.24) is 15.5 Å². The van der Waals surface area contributed by atoms with E-state index in [4.69, 9.17) is 33.7 Å². The molecule has 170 valence electrons. The number of aromatic amines is 1. The number of ether oxygens (including phenoxy) is 1. The summed E-state index contributed by atoms with van der Waals surface area (Å²) in [6.07, 6.45) is -0.231. The third kappa shape index (κ3) is 6.05. The number of hydrogen-bond donors (Lipinski definition) is 4. The van der Waals surface area contributed by atoms with Gasteiger partial charge in [0.2, 0.25) is 5.91 Å². The fraction of sp³-hybridized carbons (Fsp3) is 0.318. The number of fused-ring (bicyclic) bond motifs is 1. The molecule has 3 aromatic rings. The minimum absolute atomic E-state index is 0.223. The maximum Gasteiger partial charge on any atom is 0.407 e. The number of nitrogens with one attached hydrogen (secondary N) is 3. The Bertz CT molecular complexity index is 1140. The predicted octanol–water partition coefficient (Wildman–Crippen LogP) is 5.09.